The van der Waals surface area contributed by atoms with Crippen LogP contribution in [0.25, 0.3) is 0 Å². The van der Waals surface area contributed by atoms with Crippen molar-refractivity contribution in [1.29, 1.82) is 0 Å². The van der Waals surface area contributed by atoms with Crippen LogP contribution in [-0.2, 0) is 12.7 Å². The van der Waals surface area contributed by atoms with Gasteiger partial charge in [-0.15, -0.1) is 0 Å². The summed E-state index contributed by atoms with van der Waals surface area (Å²) >= 11 is 12.4. The molecule has 0 unspecified atom stereocenters. The van der Waals surface area contributed by atoms with Gasteiger partial charge in [0.1, 0.15) is 5.82 Å². The summed E-state index contributed by atoms with van der Waals surface area (Å²) in [5, 5.41) is 0.747. The lowest BCUT2D eigenvalue weighted by atomic mass is 9.93. The van der Waals surface area contributed by atoms with E-state index < -0.39 is 17.6 Å². The van der Waals surface area contributed by atoms with Gasteiger partial charge in [0, 0.05) is 42.7 Å². The third-order valence-corrected chi connectivity index (χ3v) is 7.56. The Morgan fingerprint density at radius 1 is 0.947 bits per heavy atom. The molecule has 10 heteroatoms. The van der Waals surface area contributed by atoms with Crippen LogP contribution in [-0.4, -0.2) is 47.7 Å². The maximum atomic E-state index is 14.2. The van der Waals surface area contributed by atoms with Gasteiger partial charge in [-0.25, -0.2) is 4.39 Å². The minimum atomic E-state index is -4.78. The smallest absolute Gasteiger partial charge is 0.336 e. The van der Waals surface area contributed by atoms with Gasteiger partial charge < -0.3 is 4.90 Å². The lowest BCUT2D eigenvalue weighted by Crippen LogP contribution is -2.38. The molecule has 0 N–H and O–H groups in total. The minimum absolute atomic E-state index is 0.105. The van der Waals surface area contributed by atoms with Crippen LogP contribution in [0.5, 0.6) is 0 Å². The van der Waals surface area contributed by atoms with E-state index in [1.54, 1.807) is 48.3 Å². The molecule has 0 aliphatic carbocycles. The lowest BCUT2D eigenvalue weighted by Gasteiger charge is -2.29. The fraction of sp³-hybridized carbons (Fsp3) is 0.286. The summed E-state index contributed by atoms with van der Waals surface area (Å²) in [4.78, 5) is 28.5. The molecule has 4 rings (SSSR count). The average Bonchev–Trinajstić information content (AvgIpc) is 3.30. The van der Waals surface area contributed by atoms with Crippen molar-refractivity contribution in [3.63, 3.8) is 0 Å². The Morgan fingerprint density at radius 3 is 2.18 bits per heavy atom. The van der Waals surface area contributed by atoms with Crippen LogP contribution in [0.4, 0.5) is 17.6 Å². The van der Waals surface area contributed by atoms with E-state index in [-0.39, 0.29) is 30.2 Å². The molecule has 0 spiro atoms. The zero-order valence-corrected chi connectivity index (χ0v) is 22.0. The molecule has 3 aromatic rings. The summed E-state index contributed by atoms with van der Waals surface area (Å²) in [5.74, 6) is -1.86. The summed E-state index contributed by atoms with van der Waals surface area (Å²) in [6, 6.07) is 14.3. The van der Waals surface area contributed by atoms with Gasteiger partial charge in [-0.05, 0) is 61.5 Å². The maximum Gasteiger partial charge on any atom is 0.419 e. The average molecular weight is 567 g/mol. The van der Waals surface area contributed by atoms with Crippen LogP contribution in [0.2, 0.25) is 10.0 Å². The van der Waals surface area contributed by atoms with Gasteiger partial charge in [0.2, 0.25) is 0 Å². The fourth-order valence-electron chi connectivity index (χ4n) is 4.79. The highest BCUT2D eigenvalue weighted by Crippen LogP contribution is 2.36. The molecule has 1 aliphatic heterocycles. The number of carbonyl (C=O) groups excluding carboxylic acids is 2. The number of benzene rings is 3. The second-order valence-electron chi connectivity index (χ2n) is 9.42. The fourth-order valence-corrected chi connectivity index (χ4v) is 5.10. The number of rotatable bonds is 6. The number of likely N-dealkylation sites (N-methyl/N-ethyl adjacent to an activating group) is 1. The molecule has 0 radical (unpaired) electrons. The molecule has 2 atom stereocenters. The maximum absolute atomic E-state index is 14.2. The van der Waals surface area contributed by atoms with Gasteiger partial charge in [-0.3, -0.25) is 14.5 Å². The van der Waals surface area contributed by atoms with E-state index in [0.717, 1.165) is 17.7 Å². The van der Waals surface area contributed by atoms with E-state index in [2.05, 4.69) is 0 Å². The van der Waals surface area contributed by atoms with Crippen molar-refractivity contribution in [1.82, 2.24) is 9.80 Å². The zero-order valence-electron chi connectivity index (χ0n) is 20.5. The number of hydrogen-bond acceptors (Lipinski definition) is 3. The summed E-state index contributed by atoms with van der Waals surface area (Å²) in [6.45, 7) is 2.27. The highest BCUT2D eigenvalue weighted by Gasteiger charge is 2.39. The molecule has 38 heavy (non-hydrogen) atoms. The topological polar surface area (TPSA) is 40.6 Å². The molecule has 0 bridgehead atoms. The Kier molecular flexibility index (Phi) is 8.16. The van der Waals surface area contributed by atoms with Gasteiger partial charge in [-0.2, -0.15) is 13.2 Å². The third kappa shape index (κ3) is 6.03. The van der Waals surface area contributed by atoms with E-state index in [1.807, 2.05) is 11.0 Å². The molecule has 4 nitrogen and oxygen atoms in total. The number of likely N-dealkylation sites (tertiary alicyclic amines) is 1. The first-order valence-electron chi connectivity index (χ1n) is 11.8. The predicted molar refractivity (Wildman–Crippen MR) is 138 cm³/mol. The number of halogens is 6. The van der Waals surface area contributed by atoms with Crippen LogP contribution in [0.3, 0.4) is 0 Å². The minimum Gasteiger partial charge on any atom is -0.336 e. The van der Waals surface area contributed by atoms with Crippen LogP contribution in [0.15, 0.2) is 60.7 Å². The van der Waals surface area contributed by atoms with Crippen molar-refractivity contribution >= 4 is 34.9 Å². The number of nitrogens with zero attached hydrogens (tertiary/aromatic N) is 2. The Bertz CT molecular complexity index is 1360. The molecule has 1 fully saturated rings. The van der Waals surface area contributed by atoms with Crippen molar-refractivity contribution in [2.45, 2.75) is 31.6 Å². The number of hydrogen-bond donors (Lipinski definition) is 0. The molecule has 1 saturated heterocycles. The second kappa shape index (κ2) is 11.0. The van der Waals surface area contributed by atoms with Crippen LogP contribution >= 0.6 is 23.2 Å². The van der Waals surface area contributed by atoms with Crippen LogP contribution in [0.1, 0.15) is 50.2 Å². The van der Waals surface area contributed by atoms with Gasteiger partial charge in [0.25, 0.3) is 5.91 Å². The van der Waals surface area contributed by atoms with E-state index in [9.17, 15) is 27.2 Å². The van der Waals surface area contributed by atoms with Crippen molar-refractivity contribution in [3.8, 4) is 0 Å². The first-order chi connectivity index (χ1) is 17.8. The SMILES string of the molecule is CC(=O)c1ccc(C(=O)N2C[C@H](c3ccc(Cl)c(Cl)c3)[C@H](N(C)Cc3ccc(C(F)(F)F)c(F)c3)C2)cc1. The quantitative estimate of drug-likeness (QED) is 0.236. The molecular weight excluding hydrogens is 543 g/mol. The molecule has 0 aromatic heterocycles. The van der Waals surface area contributed by atoms with E-state index in [4.69, 9.17) is 23.2 Å². The molecule has 3 aromatic carbocycles. The number of ketones is 1. The van der Waals surface area contributed by atoms with E-state index in [1.165, 1.54) is 13.0 Å². The molecule has 1 heterocycles. The van der Waals surface area contributed by atoms with Crippen LogP contribution in [0, 0.1) is 5.82 Å². The largest absolute Gasteiger partial charge is 0.419 e. The number of Topliss-reactive ketones (excluding diaryl/α,β-unsaturated/α-hetero) is 1. The number of carbonyl (C=O) groups is 2. The summed E-state index contributed by atoms with van der Waals surface area (Å²) in [7, 11) is 1.78. The van der Waals surface area contributed by atoms with Crippen molar-refractivity contribution in [2.75, 3.05) is 20.1 Å². The van der Waals surface area contributed by atoms with E-state index >= 15 is 0 Å². The van der Waals surface area contributed by atoms with Gasteiger partial charge in [-0.1, -0.05) is 47.5 Å². The first-order valence-corrected chi connectivity index (χ1v) is 12.5. The Morgan fingerprint density at radius 2 is 1.61 bits per heavy atom. The van der Waals surface area contributed by atoms with Crippen LogP contribution < -0.4 is 0 Å². The monoisotopic (exact) mass is 566 g/mol. The van der Waals surface area contributed by atoms with Crippen molar-refractivity contribution in [3.05, 3.63) is 104 Å². The lowest BCUT2D eigenvalue weighted by molar-refractivity contribution is -0.140. The summed E-state index contributed by atoms with van der Waals surface area (Å²) < 4.78 is 53.1. The Balaban J connectivity index is 1.60. The van der Waals surface area contributed by atoms with Gasteiger partial charge in [0.05, 0.1) is 15.6 Å². The summed E-state index contributed by atoms with van der Waals surface area (Å²) in [5.41, 5.74) is 0.827. The van der Waals surface area contributed by atoms with E-state index in [0.29, 0.717) is 39.8 Å². The number of alkyl halides is 3. The standard InChI is InChI=1S/C28H24Cl2F4N2O2/c1-16(37)18-4-6-19(7-5-18)27(38)36-14-21(20-8-10-23(29)24(30)12-20)26(15-36)35(2)13-17-3-9-22(25(31)11-17)28(32,33)34/h3-12,21,26H,13-15H2,1-2H3/t21-,26-/m1/s1. The molecule has 0 saturated carbocycles. The molecule has 200 valence electrons. The second-order valence-corrected chi connectivity index (χ2v) is 10.2. The van der Waals surface area contributed by atoms with Crippen molar-refractivity contribution in [2.24, 2.45) is 0 Å². The van der Waals surface area contributed by atoms with Gasteiger partial charge >= 0.3 is 6.18 Å². The Labute approximate surface area is 227 Å². The molecule has 1 amide bonds. The predicted octanol–water partition coefficient (Wildman–Crippen LogP) is 7.09. The molecular formula is C28H24Cl2F4N2O2. The Hall–Kier alpha value is -2.94. The third-order valence-electron chi connectivity index (χ3n) is 6.82. The summed E-state index contributed by atoms with van der Waals surface area (Å²) in [6.07, 6.45) is -4.78. The highest BCUT2D eigenvalue weighted by molar-refractivity contribution is 6.42. The normalized spacial score (nSPS) is 17.8. The van der Waals surface area contributed by atoms with Gasteiger partial charge in [0.15, 0.2) is 5.78 Å². The molecule has 1 aliphatic rings. The zero-order chi connectivity index (χ0) is 27.8. The van der Waals surface area contributed by atoms with Crippen molar-refractivity contribution < 1.29 is 27.2 Å². The first kappa shape index (κ1) is 28.1. The highest BCUT2D eigenvalue weighted by atomic mass is 35.5. The number of amides is 1.